The molecule has 0 aromatic carbocycles. The van der Waals surface area contributed by atoms with E-state index in [1.165, 1.54) is 37.0 Å². The summed E-state index contributed by atoms with van der Waals surface area (Å²) in [4.78, 5) is 4.13. The second-order valence-electron chi connectivity index (χ2n) is 3.58. The predicted molar refractivity (Wildman–Crippen MR) is 57.0 cm³/mol. The van der Waals surface area contributed by atoms with E-state index in [0.717, 1.165) is 22.6 Å². The van der Waals surface area contributed by atoms with Gasteiger partial charge in [-0.2, -0.15) is 0 Å². The summed E-state index contributed by atoms with van der Waals surface area (Å²) in [5.74, 6) is 1.03. The first-order chi connectivity index (χ1) is 6.34. The maximum atomic E-state index is 5.56. The molecular weight excluding hydrogens is 182 g/mol. The molecule has 4 heteroatoms. The van der Waals surface area contributed by atoms with E-state index in [4.69, 9.17) is 5.73 Å². The van der Waals surface area contributed by atoms with Crippen LogP contribution < -0.4 is 11.1 Å². The molecule has 1 aliphatic rings. The number of nitrogens with one attached hydrogen (secondary N) is 1. The van der Waals surface area contributed by atoms with Crippen LogP contribution >= 0.6 is 11.3 Å². The fourth-order valence-electron chi connectivity index (χ4n) is 1.36. The zero-order valence-electron chi connectivity index (χ0n) is 7.62. The maximum absolute atomic E-state index is 5.56. The Kier molecular flexibility index (Phi) is 2.68. The number of hydrogen-bond donors (Lipinski definition) is 2. The summed E-state index contributed by atoms with van der Waals surface area (Å²) >= 11 is 1.52. The number of nitrogens with two attached hydrogens (primary N) is 1. The van der Waals surface area contributed by atoms with Crippen LogP contribution in [-0.2, 0) is 0 Å². The summed E-state index contributed by atoms with van der Waals surface area (Å²) in [6.45, 7) is 1.03. The monoisotopic (exact) mass is 197 g/mol. The van der Waals surface area contributed by atoms with E-state index >= 15 is 0 Å². The van der Waals surface area contributed by atoms with Gasteiger partial charge in [0.2, 0.25) is 0 Å². The van der Waals surface area contributed by atoms with Crippen LogP contribution in [0.3, 0.4) is 0 Å². The first-order valence-corrected chi connectivity index (χ1v) is 5.61. The van der Waals surface area contributed by atoms with Gasteiger partial charge in [-0.25, -0.2) is 4.98 Å². The van der Waals surface area contributed by atoms with Crippen LogP contribution in [0.2, 0.25) is 0 Å². The molecule has 1 fully saturated rings. The van der Waals surface area contributed by atoms with Gasteiger partial charge in [-0.1, -0.05) is 24.2 Å². The van der Waals surface area contributed by atoms with Crippen molar-refractivity contribution in [1.29, 1.82) is 0 Å². The Labute approximate surface area is 82.4 Å². The van der Waals surface area contributed by atoms with Gasteiger partial charge < -0.3 is 11.1 Å². The summed E-state index contributed by atoms with van der Waals surface area (Å²) in [6, 6.07) is 0. The summed E-state index contributed by atoms with van der Waals surface area (Å²) in [6.07, 6.45) is 7.22. The average Bonchev–Trinajstić information content (AvgIpc) is 2.84. The van der Waals surface area contributed by atoms with E-state index in [0.29, 0.717) is 0 Å². The molecule has 13 heavy (non-hydrogen) atoms. The van der Waals surface area contributed by atoms with Crippen LogP contribution in [0.15, 0.2) is 6.20 Å². The second-order valence-corrected chi connectivity index (χ2v) is 4.64. The molecule has 1 heterocycles. The van der Waals surface area contributed by atoms with Crippen molar-refractivity contribution in [3.05, 3.63) is 6.20 Å². The first-order valence-electron chi connectivity index (χ1n) is 4.80. The third kappa shape index (κ3) is 2.88. The van der Waals surface area contributed by atoms with Crippen molar-refractivity contribution >= 4 is 21.5 Å². The number of rotatable bonds is 5. The molecule has 1 saturated carbocycles. The third-order valence-corrected chi connectivity index (χ3v) is 3.07. The molecule has 0 unspecified atom stereocenters. The highest BCUT2D eigenvalue weighted by Gasteiger charge is 2.19. The Morgan fingerprint density at radius 1 is 1.62 bits per heavy atom. The fourth-order valence-corrected chi connectivity index (χ4v) is 1.97. The lowest BCUT2D eigenvalue weighted by Gasteiger charge is -2.00. The van der Waals surface area contributed by atoms with E-state index < -0.39 is 0 Å². The highest BCUT2D eigenvalue weighted by Crippen LogP contribution is 2.33. The van der Waals surface area contributed by atoms with E-state index in [-0.39, 0.29) is 0 Å². The van der Waals surface area contributed by atoms with E-state index in [2.05, 4.69) is 10.3 Å². The molecule has 1 aromatic rings. The Bertz CT molecular complexity index is 268. The van der Waals surface area contributed by atoms with Crippen LogP contribution in [0.4, 0.5) is 10.1 Å². The molecule has 0 aliphatic heterocycles. The normalized spacial score (nSPS) is 16.0. The van der Waals surface area contributed by atoms with Crippen molar-refractivity contribution in [1.82, 2.24) is 4.98 Å². The zero-order chi connectivity index (χ0) is 9.10. The molecule has 0 atom stereocenters. The minimum Gasteiger partial charge on any atom is -0.389 e. The predicted octanol–water partition coefficient (Wildman–Crippen LogP) is 2.33. The van der Waals surface area contributed by atoms with Crippen LogP contribution in [0.25, 0.3) is 0 Å². The SMILES string of the molecule is Nc1cnc(NCCCC2CC2)s1. The van der Waals surface area contributed by atoms with Gasteiger partial charge in [0.15, 0.2) is 5.13 Å². The highest BCUT2D eigenvalue weighted by molar-refractivity contribution is 7.19. The average molecular weight is 197 g/mol. The summed E-state index contributed by atoms with van der Waals surface area (Å²) in [7, 11) is 0. The Hall–Kier alpha value is -0.770. The number of aromatic nitrogens is 1. The Balaban J connectivity index is 1.61. The molecular formula is C9H15N3S. The van der Waals surface area contributed by atoms with Crippen molar-refractivity contribution in [2.24, 2.45) is 5.92 Å². The molecule has 3 N–H and O–H groups in total. The van der Waals surface area contributed by atoms with Crippen LogP contribution in [0.5, 0.6) is 0 Å². The standard InChI is InChI=1S/C9H15N3S/c10-8-6-12-9(13-8)11-5-1-2-7-3-4-7/h6-7H,1-5,10H2,(H,11,12). The molecule has 0 saturated heterocycles. The van der Waals surface area contributed by atoms with Gasteiger partial charge in [0, 0.05) is 6.54 Å². The molecule has 3 nitrogen and oxygen atoms in total. The Morgan fingerprint density at radius 3 is 3.08 bits per heavy atom. The second kappa shape index (κ2) is 3.96. The van der Waals surface area contributed by atoms with E-state index in [1.807, 2.05) is 0 Å². The number of thiazole rings is 1. The van der Waals surface area contributed by atoms with E-state index in [1.54, 1.807) is 6.20 Å². The number of hydrogen-bond acceptors (Lipinski definition) is 4. The van der Waals surface area contributed by atoms with Crippen molar-refractivity contribution < 1.29 is 0 Å². The molecule has 0 spiro atoms. The fraction of sp³-hybridized carbons (Fsp3) is 0.667. The van der Waals surface area contributed by atoms with Gasteiger partial charge in [0.1, 0.15) is 5.00 Å². The molecule has 0 bridgehead atoms. The number of nitrogens with zero attached hydrogens (tertiary/aromatic N) is 1. The number of nitrogen functional groups attached to an aromatic ring is 1. The summed E-state index contributed by atoms with van der Waals surface area (Å²) in [5, 5.41) is 5.01. The highest BCUT2D eigenvalue weighted by atomic mass is 32.1. The zero-order valence-corrected chi connectivity index (χ0v) is 8.44. The molecule has 1 aromatic heterocycles. The van der Waals surface area contributed by atoms with Crippen molar-refractivity contribution in [3.8, 4) is 0 Å². The van der Waals surface area contributed by atoms with Gasteiger partial charge in [-0.05, 0) is 18.8 Å². The van der Waals surface area contributed by atoms with Crippen molar-refractivity contribution in [2.75, 3.05) is 17.6 Å². The van der Waals surface area contributed by atoms with Crippen LogP contribution in [0.1, 0.15) is 25.7 Å². The summed E-state index contributed by atoms with van der Waals surface area (Å²) in [5.41, 5.74) is 5.56. The lowest BCUT2D eigenvalue weighted by Crippen LogP contribution is -2.00. The smallest absolute Gasteiger partial charge is 0.184 e. The van der Waals surface area contributed by atoms with Gasteiger partial charge in [0.25, 0.3) is 0 Å². The lowest BCUT2D eigenvalue weighted by molar-refractivity contribution is 0.687. The first kappa shape index (κ1) is 8.81. The van der Waals surface area contributed by atoms with Crippen LogP contribution in [-0.4, -0.2) is 11.5 Å². The van der Waals surface area contributed by atoms with Crippen molar-refractivity contribution in [3.63, 3.8) is 0 Å². The molecule has 1 aliphatic carbocycles. The Morgan fingerprint density at radius 2 is 2.46 bits per heavy atom. The van der Waals surface area contributed by atoms with E-state index in [9.17, 15) is 0 Å². The summed E-state index contributed by atoms with van der Waals surface area (Å²) < 4.78 is 0. The van der Waals surface area contributed by atoms with Gasteiger partial charge >= 0.3 is 0 Å². The topological polar surface area (TPSA) is 50.9 Å². The van der Waals surface area contributed by atoms with Gasteiger partial charge in [0.05, 0.1) is 6.20 Å². The lowest BCUT2D eigenvalue weighted by atomic mass is 10.2. The van der Waals surface area contributed by atoms with Gasteiger partial charge in [-0.3, -0.25) is 0 Å². The van der Waals surface area contributed by atoms with Gasteiger partial charge in [-0.15, -0.1) is 0 Å². The molecule has 2 rings (SSSR count). The minimum absolute atomic E-state index is 0.782. The van der Waals surface area contributed by atoms with Crippen molar-refractivity contribution in [2.45, 2.75) is 25.7 Å². The molecule has 72 valence electrons. The molecule has 0 amide bonds. The minimum atomic E-state index is 0.782. The largest absolute Gasteiger partial charge is 0.389 e. The number of anilines is 2. The maximum Gasteiger partial charge on any atom is 0.184 e. The quantitative estimate of drug-likeness (QED) is 0.712. The molecule has 0 radical (unpaired) electrons. The van der Waals surface area contributed by atoms with Crippen LogP contribution in [0, 0.1) is 5.92 Å². The third-order valence-electron chi connectivity index (χ3n) is 2.29.